The van der Waals surface area contributed by atoms with Crippen LogP contribution in [-0.4, -0.2) is 41.6 Å². The molecule has 142 valence electrons. The molecule has 0 aliphatic rings. The predicted molar refractivity (Wildman–Crippen MR) is 101 cm³/mol. The van der Waals surface area contributed by atoms with Crippen molar-refractivity contribution in [1.82, 2.24) is 20.4 Å². The Morgan fingerprint density at radius 1 is 1.30 bits per heavy atom. The molecule has 3 rings (SSSR count). The van der Waals surface area contributed by atoms with E-state index in [0.29, 0.717) is 17.8 Å². The van der Waals surface area contributed by atoms with Crippen molar-refractivity contribution < 1.29 is 13.7 Å². The Morgan fingerprint density at radius 3 is 2.74 bits per heavy atom. The van der Waals surface area contributed by atoms with E-state index in [1.807, 2.05) is 38.9 Å². The molecule has 2 heterocycles. The van der Waals surface area contributed by atoms with Crippen molar-refractivity contribution in [2.24, 2.45) is 0 Å². The van der Waals surface area contributed by atoms with Crippen molar-refractivity contribution in [2.45, 2.75) is 25.8 Å². The van der Waals surface area contributed by atoms with Gasteiger partial charge in [0.05, 0.1) is 22.7 Å². The zero-order valence-electron chi connectivity index (χ0n) is 15.9. The van der Waals surface area contributed by atoms with Gasteiger partial charge in [-0.05, 0) is 43.8 Å². The van der Waals surface area contributed by atoms with Crippen LogP contribution in [0, 0.1) is 5.82 Å². The Labute approximate surface area is 157 Å². The molecule has 0 unspecified atom stereocenters. The molecule has 6 nitrogen and oxygen atoms in total. The number of likely N-dealkylation sites (N-methyl/N-ethyl adjacent to an activating group) is 1. The summed E-state index contributed by atoms with van der Waals surface area (Å²) in [6.45, 7) is 4.35. The summed E-state index contributed by atoms with van der Waals surface area (Å²) in [5, 5.41) is 7.68. The number of halogens is 1. The minimum Gasteiger partial charge on any atom is -0.350 e. The normalized spacial score (nSPS) is 12.7. The summed E-state index contributed by atoms with van der Waals surface area (Å²) >= 11 is 0. The van der Waals surface area contributed by atoms with Crippen LogP contribution in [0.15, 0.2) is 41.1 Å². The van der Waals surface area contributed by atoms with E-state index in [1.165, 1.54) is 18.3 Å². The van der Waals surface area contributed by atoms with Crippen LogP contribution in [0.4, 0.5) is 4.39 Å². The zero-order chi connectivity index (χ0) is 19.6. The van der Waals surface area contributed by atoms with Crippen molar-refractivity contribution in [2.75, 3.05) is 20.6 Å². The largest absolute Gasteiger partial charge is 0.350 e. The predicted octanol–water partition coefficient (Wildman–Crippen LogP) is 3.52. The van der Waals surface area contributed by atoms with Gasteiger partial charge in [0.15, 0.2) is 0 Å². The molecule has 0 spiro atoms. The molecule has 0 fully saturated rings. The molecule has 1 amide bonds. The van der Waals surface area contributed by atoms with Crippen molar-refractivity contribution in [1.29, 1.82) is 0 Å². The van der Waals surface area contributed by atoms with Gasteiger partial charge in [-0.25, -0.2) is 9.37 Å². The molecule has 3 aromatic rings. The summed E-state index contributed by atoms with van der Waals surface area (Å²) in [4.78, 5) is 18.7. The highest BCUT2D eigenvalue weighted by atomic mass is 19.1. The molecule has 7 heteroatoms. The van der Waals surface area contributed by atoms with E-state index in [0.717, 1.165) is 16.6 Å². The van der Waals surface area contributed by atoms with Gasteiger partial charge in [-0.1, -0.05) is 31.1 Å². The number of benzene rings is 1. The van der Waals surface area contributed by atoms with Gasteiger partial charge in [0.2, 0.25) is 0 Å². The Hall–Kier alpha value is -2.80. The monoisotopic (exact) mass is 370 g/mol. The first-order valence-corrected chi connectivity index (χ1v) is 8.82. The van der Waals surface area contributed by atoms with E-state index in [9.17, 15) is 9.18 Å². The number of pyridine rings is 1. The topological polar surface area (TPSA) is 71.3 Å². The number of nitrogens with zero attached hydrogens (tertiary/aromatic N) is 3. The second-order valence-corrected chi connectivity index (χ2v) is 7.04. The molecule has 0 radical (unpaired) electrons. The maximum atomic E-state index is 13.5. The number of nitrogens with one attached hydrogen (secondary N) is 1. The minimum atomic E-state index is -0.297. The number of rotatable bonds is 6. The number of fused-ring (bicyclic) bond motifs is 1. The van der Waals surface area contributed by atoms with Gasteiger partial charge >= 0.3 is 0 Å². The highest BCUT2D eigenvalue weighted by molar-refractivity contribution is 5.97. The number of hydrogen-bond donors (Lipinski definition) is 1. The lowest BCUT2D eigenvalue weighted by Gasteiger charge is -2.25. The molecule has 27 heavy (non-hydrogen) atoms. The van der Waals surface area contributed by atoms with Crippen LogP contribution in [0.25, 0.3) is 11.1 Å². The molecule has 0 aliphatic heterocycles. The zero-order valence-corrected chi connectivity index (χ0v) is 15.9. The Balaban J connectivity index is 1.78. The lowest BCUT2D eigenvalue weighted by Crippen LogP contribution is -2.34. The van der Waals surface area contributed by atoms with Gasteiger partial charge in [0, 0.05) is 12.7 Å². The van der Waals surface area contributed by atoms with Gasteiger partial charge in [0.1, 0.15) is 5.82 Å². The van der Waals surface area contributed by atoms with E-state index in [2.05, 4.69) is 15.5 Å². The number of aromatic nitrogens is 2. The minimum absolute atomic E-state index is 0.150. The van der Waals surface area contributed by atoms with E-state index < -0.39 is 0 Å². The molecule has 0 aliphatic carbocycles. The van der Waals surface area contributed by atoms with Gasteiger partial charge in [-0.3, -0.25) is 4.79 Å². The van der Waals surface area contributed by atoms with E-state index >= 15 is 0 Å². The molecule has 1 aromatic carbocycles. The van der Waals surface area contributed by atoms with Gasteiger partial charge in [-0.15, -0.1) is 0 Å². The summed E-state index contributed by atoms with van der Waals surface area (Å²) in [6.07, 6.45) is 1.47. The van der Waals surface area contributed by atoms with Crippen molar-refractivity contribution in [3.05, 3.63) is 59.2 Å². The molecule has 0 bridgehead atoms. The van der Waals surface area contributed by atoms with Crippen LogP contribution in [0.3, 0.4) is 0 Å². The Kier molecular flexibility index (Phi) is 5.51. The molecular formula is C20H23FN4O2. The molecule has 2 aromatic heterocycles. The first-order valence-electron chi connectivity index (χ1n) is 8.82. The SMILES string of the molecule is CC(C)c1noc2ncc(C(=O)NC[C@@H](c3cccc(F)c3)N(C)C)cc12. The average Bonchev–Trinajstić information content (AvgIpc) is 3.05. The lowest BCUT2D eigenvalue weighted by atomic mass is 10.0. The van der Waals surface area contributed by atoms with Crippen LogP contribution in [-0.2, 0) is 0 Å². The van der Waals surface area contributed by atoms with E-state index in [-0.39, 0.29) is 23.7 Å². The quantitative estimate of drug-likeness (QED) is 0.719. The van der Waals surface area contributed by atoms with Crippen LogP contribution in [0.2, 0.25) is 0 Å². The highest BCUT2D eigenvalue weighted by Crippen LogP contribution is 2.24. The van der Waals surface area contributed by atoms with E-state index in [1.54, 1.807) is 12.1 Å². The first-order chi connectivity index (χ1) is 12.9. The average molecular weight is 370 g/mol. The van der Waals surface area contributed by atoms with Gasteiger partial charge in [0.25, 0.3) is 11.6 Å². The fourth-order valence-corrected chi connectivity index (χ4v) is 2.99. The summed E-state index contributed by atoms with van der Waals surface area (Å²) < 4.78 is 18.8. The summed E-state index contributed by atoms with van der Waals surface area (Å²) in [6, 6.07) is 8.00. The maximum Gasteiger partial charge on any atom is 0.257 e. The smallest absolute Gasteiger partial charge is 0.257 e. The van der Waals surface area contributed by atoms with Gasteiger partial charge < -0.3 is 14.7 Å². The Bertz CT molecular complexity index is 952. The van der Waals surface area contributed by atoms with Gasteiger partial charge in [-0.2, -0.15) is 0 Å². The molecule has 1 atom stereocenters. The maximum absolute atomic E-state index is 13.5. The highest BCUT2D eigenvalue weighted by Gasteiger charge is 2.19. The third-order valence-electron chi connectivity index (χ3n) is 4.48. The van der Waals surface area contributed by atoms with Crippen molar-refractivity contribution in [3.63, 3.8) is 0 Å². The number of carbonyl (C=O) groups is 1. The van der Waals surface area contributed by atoms with Crippen molar-refractivity contribution in [3.8, 4) is 0 Å². The van der Waals surface area contributed by atoms with E-state index in [4.69, 9.17) is 4.52 Å². The molecule has 1 N–H and O–H groups in total. The lowest BCUT2D eigenvalue weighted by molar-refractivity contribution is 0.0941. The number of amides is 1. The third kappa shape index (κ3) is 4.14. The molecule has 0 saturated carbocycles. The summed E-state index contributed by atoms with van der Waals surface area (Å²) in [7, 11) is 3.78. The second kappa shape index (κ2) is 7.84. The number of hydrogen-bond acceptors (Lipinski definition) is 5. The Morgan fingerprint density at radius 2 is 2.07 bits per heavy atom. The van der Waals surface area contributed by atoms with Crippen LogP contribution >= 0.6 is 0 Å². The van der Waals surface area contributed by atoms with Crippen LogP contribution in [0.1, 0.15) is 47.4 Å². The summed E-state index contributed by atoms with van der Waals surface area (Å²) in [5.41, 5.74) is 2.43. The molecular weight excluding hydrogens is 347 g/mol. The van der Waals surface area contributed by atoms with Crippen LogP contribution < -0.4 is 5.32 Å². The molecule has 0 saturated heterocycles. The number of carbonyl (C=O) groups excluding carboxylic acids is 1. The fraction of sp³-hybridized carbons (Fsp3) is 0.350. The summed E-state index contributed by atoms with van der Waals surface area (Å²) in [5.74, 6) is -0.380. The van der Waals surface area contributed by atoms with Crippen molar-refractivity contribution >= 4 is 17.0 Å². The second-order valence-electron chi connectivity index (χ2n) is 7.04. The standard InChI is InChI=1S/C20H23FN4O2/c1-12(2)18-16-9-14(10-23-20(16)27-24-18)19(26)22-11-17(25(3)4)13-6-5-7-15(21)8-13/h5-10,12,17H,11H2,1-4H3,(H,22,26)/t17-/m0/s1. The third-order valence-corrected chi connectivity index (χ3v) is 4.48. The first kappa shape index (κ1) is 19.0. The van der Waals surface area contributed by atoms with Crippen LogP contribution in [0.5, 0.6) is 0 Å². The fourth-order valence-electron chi connectivity index (χ4n) is 2.99.